The number of anilines is 1. The molecule has 0 aromatic heterocycles. The second kappa shape index (κ2) is 14.0. The van der Waals surface area contributed by atoms with Gasteiger partial charge in [0.05, 0.1) is 6.42 Å². The molecule has 0 unspecified atom stereocenters. The first-order valence-corrected chi connectivity index (χ1v) is 14.6. The highest BCUT2D eigenvalue weighted by Crippen LogP contribution is 2.39. The Labute approximate surface area is 248 Å². The van der Waals surface area contributed by atoms with Gasteiger partial charge in [-0.25, -0.2) is 4.79 Å². The Balaban J connectivity index is 1.44. The third-order valence-corrected chi connectivity index (χ3v) is 7.90. The minimum absolute atomic E-state index is 0.0699. The molecule has 3 aromatic carbocycles. The maximum atomic E-state index is 13.7. The van der Waals surface area contributed by atoms with Crippen molar-refractivity contribution >= 4 is 23.6 Å². The van der Waals surface area contributed by atoms with E-state index in [1.165, 1.54) is 0 Å². The van der Waals surface area contributed by atoms with Gasteiger partial charge in [0.25, 0.3) is 5.91 Å². The predicted octanol–water partition coefficient (Wildman–Crippen LogP) is 7.32. The molecule has 1 saturated carbocycles. The van der Waals surface area contributed by atoms with E-state index in [-0.39, 0.29) is 36.4 Å². The number of carboxylic acid groups (broad SMARTS) is 1. The number of hydrogen-bond acceptors (Lipinski definition) is 4. The number of urea groups is 1. The van der Waals surface area contributed by atoms with Gasteiger partial charge < -0.3 is 25.4 Å². The number of hydrogen-bond donors (Lipinski definition) is 3. The Hall–Kier alpha value is -4.33. The normalized spacial score (nSPS) is 16.7. The van der Waals surface area contributed by atoms with Crippen LogP contribution in [-0.2, 0) is 11.3 Å². The first-order chi connectivity index (χ1) is 20.1. The topological polar surface area (TPSA) is 108 Å². The average molecular weight is 572 g/mol. The Bertz CT molecular complexity index is 1330. The molecule has 0 aliphatic heterocycles. The lowest BCUT2D eigenvalue weighted by Gasteiger charge is -2.41. The number of carbonyl (C=O) groups is 3. The Morgan fingerprint density at radius 2 is 1.48 bits per heavy atom. The van der Waals surface area contributed by atoms with Crippen LogP contribution in [0.3, 0.4) is 0 Å². The summed E-state index contributed by atoms with van der Waals surface area (Å²) in [5, 5.41) is 14.5. The standard InChI is InChI=1S/C34H41N3O5/c1-34(2,3)26-13-17-28(18-14-26)37(23-24-9-11-25(12-10-24)32(40)35-22-21-31(38)39)33(41)36-27-15-19-30(20-16-27)42-29-7-5-4-6-8-29/h4-12,15-16,19-20,26,28H,13-14,17-18,21-23H2,1-3H3,(H,35,40)(H,36,41)(H,38,39). The van der Waals surface area contributed by atoms with E-state index in [9.17, 15) is 14.4 Å². The monoisotopic (exact) mass is 571 g/mol. The van der Waals surface area contributed by atoms with E-state index in [0.29, 0.717) is 29.5 Å². The first kappa shape index (κ1) is 30.6. The molecule has 3 N–H and O–H groups in total. The molecule has 3 aromatic rings. The van der Waals surface area contributed by atoms with Crippen LogP contribution < -0.4 is 15.4 Å². The van der Waals surface area contributed by atoms with Crippen LogP contribution in [0.4, 0.5) is 10.5 Å². The van der Waals surface area contributed by atoms with Crippen molar-refractivity contribution in [1.82, 2.24) is 10.2 Å². The zero-order chi connectivity index (χ0) is 30.1. The molecule has 222 valence electrons. The molecule has 0 saturated heterocycles. The van der Waals surface area contributed by atoms with Gasteiger partial charge in [-0.05, 0) is 91.1 Å². The maximum Gasteiger partial charge on any atom is 0.322 e. The predicted molar refractivity (Wildman–Crippen MR) is 164 cm³/mol. The van der Waals surface area contributed by atoms with Gasteiger partial charge in [-0.2, -0.15) is 0 Å². The summed E-state index contributed by atoms with van der Waals surface area (Å²) in [7, 11) is 0. The summed E-state index contributed by atoms with van der Waals surface area (Å²) in [6.07, 6.45) is 3.87. The van der Waals surface area contributed by atoms with Gasteiger partial charge in [0.1, 0.15) is 11.5 Å². The lowest BCUT2D eigenvalue weighted by atomic mass is 9.71. The fourth-order valence-corrected chi connectivity index (χ4v) is 5.39. The van der Waals surface area contributed by atoms with E-state index in [2.05, 4.69) is 31.4 Å². The fourth-order valence-electron chi connectivity index (χ4n) is 5.39. The molecule has 1 fully saturated rings. The van der Waals surface area contributed by atoms with Gasteiger partial charge in [0, 0.05) is 30.4 Å². The average Bonchev–Trinajstić information content (AvgIpc) is 2.97. The molecule has 42 heavy (non-hydrogen) atoms. The number of ether oxygens (including phenoxy) is 1. The van der Waals surface area contributed by atoms with Crippen molar-refractivity contribution in [2.24, 2.45) is 11.3 Å². The second-order valence-corrected chi connectivity index (χ2v) is 12.0. The summed E-state index contributed by atoms with van der Waals surface area (Å²) in [6, 6.07) is 23.9. The molecule has 0 atom stereocenters. The Morgan fingerprint density at radius 1 is 0.857 bits per heavy atom. The number of carboxylic acids is 1. The van der Waals surface area contributed by atoms with Crippen LogP contribution in [-0.4, -0.2) is 40.5 Å². The largest absolute Gasteiger partial charge is 0.481 e. The van der Waals surface area contributed by atoms with E-state index >= 15 is 0 Å². The highest BCUT2D eigenvalue weighted by Gasteiger charge is 2.33. The highest BCUT2D eigenvalue weighted by atomic mass is 16.5. The van der Waals surface area contributed by atoms with Gasteiger partial charge in [-0.15, -0.1) is 0 Å². The molecule has 1 aliphatic rings. The smallest absolute Gasteiger partial charge is 0.322 e. The number of carbonyl (C=O) groups excluding carboxylic acids is 2. The molecule has 0 bridgehead atoms. The highest BCUT2D eigenvalue weighted by molar-refractivity contribution is 5.94. The van der Waals surface area contributed by atoms with Gasteiger partial charge >= 0.3 is 12.0 Å². The molecule has 8 heteroatoms. The van der Waals surface area contributed by atoms with Crippen molar-refractivity contribution in [1.29, 1.82) is 0 Å². The van der Waals surface area contributed by atoms with Crippen molar-refractivity contribution in [3.8, 4) is 11.5 Å². The van der Waals surface area contributed by atoms with Gasteiger partial charge in [-0.1, -0.05) is 51.1 Å². The van der Waals surface area contributed by atoms with Gasteiger partial charge in [-0.3, -0.25) is 9.59 Å². The molecule has 0 radical (unpaired) electrons. The lowest BCUT2D eigenvalue weighted by Crippen LogP contribution is -2.45. The summed E-state index contributed by atoms with van der Waals surface area (Å²) < 4.78 is 5.88. The molecule has 1 aliphatic carbocycles. The summed E-state index contributed by atoms with van der Waals surface area (Å²) >= 11 is 0. The van der Waals surface area contributed by atoms with Gasteiger partial charge in [0.15, 0.2) is 0 Å². The number of para-hydroxylation sites is 1. The second-order valence-electron chi connectivity index (χ2n) is 12.0. The van der Waals surface area contributed by atoms with Crippen LogP contribution in [0.2, 0.25) is 0 Å². The minimum atomic E-state index is -0.961. The third kappa shape index (κ3) is 8.83. The zero-order valence-corrected chi connectivity index (χ0v) is 24.6. The molecular weight excluding hydrogens is 530 g/mol. The lowest BCUT2D eigenvalue weighted by molar-refractivity contribution is -0.136. The van der Waals surface area contributed by atoms with E-state index in [1.54, 1.807) is 12.1 Å². The van der Waals surface area contributed by atoms with Crippen LogP contribution in [0.5, 0.6) is 11.5 Å². The number of nitrogens with one attached hydrogen (secondary N) is 2. The first-order valence-electron chi connectivity index (χ1n) is 14.6. The Kier molecular flexibility index (Phi) is 10.2. The van der Waals surface area contributed by atoms with Crippen LogP contribution in [0, 0.1) is 11.3 Å². The van der Waals surface area contributed by atoms with Crippen molar-refractivity contribution in [2.75, 3.05) is 11.9 Å². The number of aliphatic carboxylic acids is 1. The van der Waals surface area contributed by atoms with E-state index in [0.717, 1.165) is 37.0 Å². The number of benzene rings is 3. The van der Waals surface area contributed by atoms with E-state index in [1.807, 2.05) is 71.6 Å². The molecule has 3 amide bonds. The molecule has 4 rings (SSSR count). The third-order valence-electron chi connectivity index (χ3n) is 7.90. The molecule has 0 spiro atoms. The van der Waals surface area contributed by atoms with Crippen LogP contribution in [0.25, 0.3) is 0 Å². The van der Waals surface area contributed by atoms with Crippen LogP contribution in [0.15, 0.2) is 78.9 Å². The van der Waals surface area contributed by atoms with Gasteiger partial charge in [0.2, 0.25) is 0 Å². The van der Waals surface area contributed by atoms with Crippen molar-refractivity contribution < 1.29 is 24.2 Å². The minimum Gasteiger partial charge on any atom is -0.481 e. The summed E-state index contributed by atoms with van der Waals surface area (Å²) in [6.45, 7) is 7.33. The SMILES string of the molecule is CC(C)(C)C1CCC(N(Cc2ccc(C(=O)NCCC(=O)O)cc2)C(=O)Nc2ccc(Oc3ccccc3)cc2)CC1. The van der Waals surface area contributed by atoms with Crippen LogP contribution in [0.1, 0.15) is 68.8 Å². The fraction of sp³-hybridized carbons (Fsp3) is 0.382. The molecule has 0 heterocycles. The summed E-state index contributed by atoms with van der Waals surface area (Å²) in [4.78, 5) is 38.7. The zero-order valence-electron chi connectivity index (χ0n) is 24.6. The van der Waals surface area contributed by atoms with Crippen molar-refractivity contribution in [3.05, 3.63) is 90.0 Å². The van der Waals surface area contributed by atoms with Crippen molar-refractivity contribution in [2.45, 2.75) is 65.5 Å². The molecular formula is C34H41N3O5. The summed E-state index contributed by atoms with van der Waals surface area (Å²) in [5.74, 6) is 0.767. The Morgan fingerprint density at radius 3 is 2.07 bits per heavy atom. The van der Waals surface area contributed by atoms with E-state index < -0.39 is 5.97 Å². The van der Waals surface area contributed by atoms with Crippen LogP contribution >= 0.6 is 0 Å². The summed E-state index contributed by atoms with van der Waals surface area (Å²) in [5.41, 5.74) is 2.28. The van der Waals surface area contributed by atoms with E-state index in [4.69, 9.17) is 9.84 Å². The number of amides is 3. The maximum absolute atomic E-state index is 13.7. The number of nitrogens with zero attached hydrogens (tertiary/aromatic N) is 1. The van der Waals surface area contributed by atoms with Crippen molar-refractivity contribution in [3.63, 3.8) is 0 Å². The number of rotatable bonds is 10. The quantitative estimate of drug-likeness (QED) is 0.236. The molecule has 8 nitrogen and oxygen atoms in total.